The average Bonchev–Trinajstić information content (AvgIpc) is 2.93. The summed E-state index contributed by atoms with van der Waals surface area (Å²) < 4.78 is 16.7. The maximum absolute atomic E-state index is 13.0. The first-order valence-electron chi connectivity index (χ1n) is 12.0. The van der Waals surface area contributed by atoms with Crippen LogP contribution < -0.4 is 19.5 Å². The van der Waals surface area contributed by atoms with Gasteiger partial charge in [0.1, 0.15) is 12.4 Å². The topological polar surface area (TPSA) is 80.3 Å². The largest absolute Gasteiger partial charge is 0.497 e. The van der Waals surface area contributed by atoms with Gasteiger partial charge in [-0.2, -0.15) is 0 Å². The summed E-state index contributed by atoms with van der Waals surface area (Å²) in [7, 11) is 1.61. The first-order chi connectivity index (χ1) is 17.6. The minimum Gasteiger partial charge on any atom is -0.497 e. The Balaban J connectivity index is 1.09. The van der Waals surface area contributed by atoms with Gasteiger partial charge in [-0.25, -0.2) is 0 Å². The number of nitrogens with one attached hydrogen (secondary N) is 1. The molecule has 0 saturated carbocycles. The molecule has 8 nitrogen and oxygen atoms in total. The van der Waals surface area contributed by atoms with Crippen molar-refractivity contribution in [3.05, 3.63) is 83.9 Å². The van der Waals surface area contributed by atoms with Crippen molar-refractivity contribution < 1.29 is 23.8 Å². The van der Waals surface area contributed by atoms with Crippen molar-refractivity contribution in [3.8, 4) is 17.2 Å². The van der Waals surface area contributed by atoms with Gasteiger partial charge in [0.05, 0.1) is 7.11 Å². The number of nitrogens with zero attached hydrogens (tertiary/aromatic N) is 2. The molecule has 186 valence electrons. The minimum atomic E-state index is -0.608. The molecule has 5 rings (SSSR count). The Kier molecular flexibility index (Phi) is 7.04. The molecule has 3 aromatic carbocycles. The molecule has 1 fully saturated rings. The summed E-state index contributed by atoms with van der Waals surface area (Å²) in [5.74, 6) is 1.84. The molecule has 2 amide bonds. The fraction of sp³-hybridized carbons (Fsp3) is 0.286. The standard InChI is InChI=1S/C28H29N3O5/c1-34-23-12-10-22(11-13-23)29-27(32)21-8-6-20(7-9-21)18-30-14-16-31(17-15-30)28(33)26-19-35-24-4-2-3-5-25(24)36-26/h2-13,26H,14-19H2,1H3,(H,29,32)/t26-/m0/s1. The van der Waals surface area contributed by atoms with E-state index in [1.54, 1.807) is 19.2 Å². The molecule has 3 aromatic rings. The Morgan fingerprint density at radius 2 is 1.61 bits per heavy atom. The number of hydrogen-bond donors (Lipinski definition) is 1. The number of amides is 2. The number of ether oxygens (including phenoxy) is 3. The van der Waals surface area contributed by atoms with Crippen molar-refractivity contribution in [1.29, 1.82) is 0 Å². The summed E-state index contributed by atoms with van der Waals surface area (Å²) >= 11 is 0. The lowest BCUT2D eigenvalue weighted by molar-refractivity contribution is -0.143. The predicted molar refractivity (Wildman–Crippen MR) is 136 cm³/mol. The summed E-state index contributed by atoms with van der Waals surface area (Å²) in [5, 5.41) is 2.90. The van der Waals surface area contributed by atoms with Crippen LogP contribution in [0.15, 0.2) is 72.8 Å². The minimum absolute atomic E-state index is 0.0311. The lowest BCUT2D eigenvalue weighted by atomic mass is 10.1. The summed E-state index contributed by atoms with van der Waals surface area (Å²) in [6, 6.07) is 22.3. The number of rotatable bonds is 6. The van der Waals surface area contributed by atoms with E-state index in [2.05, 4.69) is 10.2 Å². The van der Waals surface area contributed by atoms with Crippen LogP contribution in [0.4, 0.5) is 5.69 Å². The van der Waals surface area contributed by atoms with Crippen LogP contribution in [0.2, 0.25) is 0 Å². The molecule has 1 N–H and O–H groups in total. The van der Waals surface area contributed by atoms with Crippen LogP contribution in [0, 0.1) is 0 Å². The molecule has 0 bridgehead atoms. The highest BCUT2D eigenvalue weighted by Gasteiger charge is 2.32. The molecule has 36 heavy (non-hydrogen) atoms. The number of fused-ring (bicyclic) bond motifs is 1. The van der Waals surface area contributed by atoms with Crippen molar-refractivity contribution >= 4 is 17.5 Å². The number of hydrogen-bond acceptors (Lipinski definition) is 6. The van der Waals surface area contributed by atoms with Gasteiger partial charge in [-0.3, -0.25) is 14.5 Å². The van der Waals surface area contributed by atoms with E-state index in [0.717, 1.165) is 30.9 Å². The third-order valence-electron chi connectivity index (χ3n) is 6.44. The van der Waals surface area contributed by atoms with E-state index in [-0.39, 0.29) is 18.4 Å². The van der Waals surface area contributed by atoms with Gasteiger partial charge in [-0.05, 0) is 54.1 Å². The highest BCUT2D eigenvalue weighted by Crippen LogP contribution is 2.31. The van der Waals surface area contributed by atoms with Gasteiger partial charge in [0, 0.05) is 44.0 Å². The quantitative estimate of drug-likeness (QED) is 0.574. The molecule has 1 saturated heterocycles. The highest BCUT2D eigenvalue weighted by molar-refractivity contribution is 6.04. The summed E-state index contributed by atoms with van der Waals surface area (Å²) in [6.45, 7) is 3.82. The number of carbonyl (C=O) groups excluding carboxylic acids is 2. The zero-order chi connectivity index (χ0) is 24.9. The third-order valence-corrected chi connectivity index (χ3v) is 6.44. The predicted octanol–water partition coefficient (Wildman–Crippen LogP) is 3.43. The van der Waals surface area contributed by atoms with Crippen molar-refractivity contribution in [3.63, 3.8) is 0 Å². The van der Waals surface area contributed by atoms with Crippen molar-refractivity contribution in [2.75, 3.05) is 45.2 Å². The molecule has 2 aliphatic heterocycles. The highest BCUT2D eigenvalue weighted by atomic mass is 16.6. The zero-order valence-corrected chi connectivity index (χ0v) is 20.2. The van der Waals surface area contributed by atoms with Crippen LogP contribution in [0.5, 0.6) is 17.2 Å². The second-order valence-electron chi connectivity index (χ2n) is 8.85. The van der Waals surface area contributed by atoms with Crippen LogP contribution in [-0.4, -0.2) is 67.6 Å². The average molecular weight is 488 g/mol. The van der Waals surface area contributed by atoms with E-state index in [0.29, 0.717) is 35.8 Å². The first-order valence-corrected chi connectivity index (χ1v) is 12.0. The molecule has 0 radical (unpaired) electrons. The summed E-state index contributed by atoms with van der Waals surface area (Å²) in [6.07, 6.45) is -0.608. The molecule has 0 aromatic heterocycles. The summed E-state index contributed by atoms with van der Waals surface area (Å²) in [5.41, 5.74) is 2.43. The van der Waals surface area contributed by atoms with Crippen molar-refractivity contribution in [1.82, 2.24) is 9.80 Å². The van der Waals surface area contributed by atoms with Crippen LogP contribution in [0.3, 0.4) is 0 Å². The van der Waals surface area contributed by atoms with E-state index in [4.69, 9.17) is 14.2 Å². The first kappa shape index (κ1) is 23.7. The molecule has 1 atom stereocenters. The fourth-order valence-corrected chi connectivity index (χ4v) is 4.37. The van der Waals surface area contributed by atoms with E-state index >= 15 is 0 Å². The lowest BCUT2D eigenvalue weighted by Crippen LogP contribution is -2.53. The van der Waals surface area contributed by atoms with Gasteiger partial charge in [0.25, 0.3) is 11.8 Å². The smallest absolute Gasteiger partial charge is 0.267 e. The molecule has 0 unspecified atom stereocenters. The van der Waals surface area contributed by atoms with Crippen LogP contribution in [-0.2, 0) is 11.3 Å². The normalized spacial score (nSPS) is 17.4. The molecule has 0 spiro atoms. The second kappa shape index (κ2) is 10.7. The maximum Gasteiger partial charge on any atom is 0.267 e. The van der Waals surface area contributed by atoms with E-state index in [1.165, 1.54) is 0 Å². The molecule has 0 aliphatic carbocycles. The number of methoxy groups -OCH3 is 1. The molecular weight excluding hydrogens is 458 g/mol. The van der Waals surface area contributed by atoms with E-state index in [1.807, 2.05) is 65.6 Å². The summed E-state index contributed by atoms with van der Waals surface area (Å²) in [4.78, 5) is 29.7. The number of benzene rings is 3. The van der Waals surface area contributed by atoms with Gasteiger partial charge < -0.3 is 24.4 Å². The Bertz CT molecular complexity index is 1200. The third kappa shape index (κ3) is 5.44. The SMILES string of the molecule is COc1ccc(NC(=O)c2ccc(CN3CCN(C(=O)[C@@H]4COc5ccccc5O4)CC3)cc2)cc1. The van der Waals surface area contributed by atoms with E-state index < -0.39 is 6.10 Å². The number of piperazine rings is 1. The molecule has 8 heteroatoms. The van der Waals surface area contributed by atoms with Gasteiger partial charge >= 0.3 is 0 Å². The molecular formula is C28H29N3O5. The Labute approximate surface area is 210 Å². The molecule has 2 heterocycles. The fourth-order valence-electron chi connectivity index (χ4n) is 4.37. The Morgan fingerprint density at radius 3 is 2.31 bits per heavy atom. The van der Waals surface area contributed by atoms with Gasteiger partial charge in [-0.15, -0.1) is 0 Å². The number of anilines is 1. The van der Waals surface area contributed by atoms with Gasteiger partial charge in [0.2, 0.25) is 6.10 Å². The van der Waals surface area contributed by atoms with Crippen molar-refractivity contribution in [2.45, 2.75) is 12.6 Å². The second-order valence-corrected chi connectivity index (χ2v) is 8.85. The number of carbonyl (C=O) groups is 2. The Hall–Kier alpha value is -4.04. The Morgan fingerprint density at radius 1 is 0.917 bits per heavy atom. The van der Waals surface area contributed by atoms with Gasteiger partial charge in [-0.1, -0.05) is 24.3 Å². The lowest BCUT2D eigenvalue weighted by Gasteiger charge is -2.37. The van der Waals surface area contributed by atoms with Gasteiger partial charge in [0.15, 0.2) is 11.5 Å². The molecule has 2 aliphatic rings. The van der Waals surface area contributed by atoms with Crippen LogP contribution in [0.25, 0.3) is 0 Å². The zero-order valence-electron chi connectivity index (χ0n) is 20.2. The number of para-hydroxylation sites is 2. The van der Waals surface area contributed by atoms with Crippen molar-refractivity contribution in [2.24, 2.45) is 0 Å². The maximum atomic E-state index is 13.0. The monoisotopic (exact) mass is 487 g/mol. The van der Waals surface area contributed by atoms with Crippen LogP contribution >= 0.6 is 0 Å². The van der Waals surface area contributed by atoms with Crippen LogP contribution in [0.1, 0.15) is 15.9 Å². The van der Waals surface area contributed by atoms with E-state index in [9.17, 15) is 9.59 Å².